The number of anilines is 1. The number of aliphatic hydroxyl groups excluding tert-OH is 3. The Hall–Kier alpha value is -4.99. The fourth-order valence-electron chi connectivity index (χ4n) is 14.8. The minimum Gasteiger partial charge on any atom is -0.507 e. The van der Waals surface area contributed by atoms with Gasteiger partial charge in [-0.15, -0.1) is 0 Å². The van der Waals surface area contributed by atoms with Crippen LogP contribution >= 0.6 is 0 Å². The summed E-state index contributed by atoms with van der Waals surface area (Å²) in [5.41, 5.74) is 5.33. The molecule has 3 heterocycles. The van der Waals surface area contributed by atoms with E-state index in [2.05, 4.69) is 36.2 Å². The Balaban J connectivity index is 1.21. The van der Waals surface area contributed by atoms with Gasteiger partial charge in [0, 0.05) is 60.0 Å². The molecule has 0 saturated heterocycles. The van der Waals surface area contributed by atoms with Crippen molar-refractivity contribution < 1.29 is 49.4 Å². The number of fused-ring (bicyclic) bond motifs is 9. The highest BCUT2D eigenvalue weighted by molar-refractivity contribution is 5.89. The van der Waals surface area contributed by atoms with E-state index in [0.29, 0.717) is 59.3 Å². The minimum atomic E-state index is -1.59. The Morgan fingerprint density at radius 3 is 2.41 bits per heavy atom. The van der Waals surface area contributed by atoms with Crippen molar-refractivity contribution in [3.63, 3.8) is 0 Å². The van der Waals surface area contributed by atoms with Crippen LogP contribution in [0.1, 0.15) is 185 Å². The summed E-state index contributed by atoms with van der Waals surface area (Å²) >= 11 is 0. The average molecular weight is 996 g/mol. The summed E-state index contributed by atoms with van der Waals surface area (Å²) in [5.74, 6) is 3.98. The lowest BCUT2D eigenvalue weighted by molar-refractivity contribution is -0.228. The molecule has 11 heteroatoms. The molecule has 0 aromatic heterocycles. The van der Waals surface area contributed by atoms with E-state index in [0.717, 1.165) is 106 Å². The molecule has 0 amide bonds. The number of carbonyl (C=O) groups excluding carboxylic acids is 3. The van der Waals surface area contributed by atoms with Crippen LogP contribution in [-0.2, 0) is 51.4 Å². The highest BCUT2D eigenvalue weighted by Crippen LogP contribution is 2.59. The standard InChI is InChI=1S/C62H77NO10/c1-3-4-6-17-48-46(35-64)27-43(31-54(48)63-34-36(2)65)40-19-20-41-33-57(68)73-60-49(41)30-44(59(69)58(60)39-14-7-5-8-15-39)32-56-62(71)52-18-10-9-16-42(52)29-50-51(55(67)22-21-53(50)62)25-38-13-11-12-37(23-38)24-47(66)28-45(26-40)61(70)72-56/h11-13,23,27-28,30-31,36,39-42,47,50-53,56,63-66,69,71H,3-10,14-18,21-22,24-26,29,32-35H2,1-2H3/b45-28-/t36-,40-,41+,42-,47+,50+,51-,52+,53+,56+,62-/m0/s1. The second-order valence-electron chi connectivity index (χ2n) is 23.1. The van der Waals surface area contributed by atoms with Crippen molar-refractivity contribution >= 4 is 23.4 Å². The molecule has 7 aliphatic rings. The normalized spacial score (nSPS) is 31.5. The molecular formula is C62H77NO10. The molecule has 11 nitrogen and oxygen atoms in total. The quantitative estimate of drug-likeness (QED) is 0.0492. The van der Waals surface area contributed by atoms with Gasteiger partial charge < -0.3 is 40.3 Å². The molecule has 3 aliphatic heterocycles. The van der Waals surface area contributed by atoms with Crippen molar-refractivity contribution in [3.05, 3.63) is 98.6 Å². The van der Waals surface area contributed by atoms with Crippen molar-refractivity contribution in [2.24, 2.45) is 29.6 Å². The number of phenols is 1. The van der Waals surface area contributed by atoms with Gasteiger partial charge >= 0.3 is 11.9 Å². The number of Topliss-reactive ketones (excluding diaryl/α,β-unsaturated/α-hetero) is 1. The van der Waals surface area contributed by atoms with Crippen LogP contribution in [0, 0.1) is 41.4 Å². The van der Waals surface area contributed by atoms with Gasteiger partial charge in [-0.25, -0.2) is 4.79 Å². The van der Waals surface area contributed by atoms with Crippen LogP contribution in [0.3, 0.4) is 0 Å². The molecule has 73 heavy (non-hydrogen) atoms. The second-order valence-corrected chi connectivity index (χ2v) is 23.1. The summed E-state index contributed by atoms with van der Waals surface area (Å²) in [4.78, 5) is 43.9. The maximum Gasteiger partial charge on any atom is 0.334 e. The number of ketones is 1. The smallest absolute Gasteiger partial charge is 0.334 e. The third-order valence-corrected chi connectivity index (χ3v) is 18.3. The maximum atomic E-state index is 15.7. The monoisotopic (exact) mass is 996 g/mol. The van der Waals surface area contributed by atoms with Gasteiger partial charge in [-0.05, 0) is 146 Å². The Morgan fingerprint density at radius 2 is 1.63 bits per heavy atom. The summed E-state index contributed by atoms with van der Waals surface area (Å²) in [7, 11) is 0. The number of aliphatic hydroxyl groups is 4. The number of aromatic hydroxyl groups is 1. The number of benzene rings is 3. The Kier molecular flexibility index (Phi) is 15.6. The molecule has 4 aliphatic carbocycles. The van der Waals surface area contributed by atoms with Gasteiger partial charge in [0.05, 0.1) is 31.2 Å². The van der Waals surface area contributed by atoms with Gasteiger partial charge in [0.2, 0.25) is 0 Å². The Labute approximate surface area is 431 Å². The lowest BCUT2D eigenvalue weighted by Gasteiger charge is -2.59. The number of hydrogen-bond donors (Lipinski definition) is 6. The molecule has 4 saturated carbocycles. The number of hydrogen-bond acceptors (Lipinski definition) is 11. The first-order valence-electron chi connectivity index (χ1n) is 28.0. The molecule has 0 radical (unpaired) electrons. The maximum absolute atomic E-state index is 15.7. The predicted molar refractivity (Wildman–Crippen MR) is 279 cm³/mol. The lowest BCUT2D eigenvalue weighted by atomic mass is 9.48. The van der Waals surface area contributed by atoms with Crippen LogP contribution in [-0.4, -0.2) is 73.7 Å². The molecular weight excluding hydrogens is 919 g/mol. The summed E-state index contributed by atoms with van der Waals surface area (Å²) in [6, 6.07) is 13.9. The Bertz CT molecular complexity index is 2650. The highest BCUT2D eigenvalue weighted by Gasteiger charge is 2.62. The van der Waals surface area contributed by atoms with E-state index in [1.165, 1.54) is 0 Å². The molecule has 390 valence electrons. The van der Waals surface area contributed by atoms with E-state index in [1.807, 2.05) is 30.3 Å². The number of unbranched alkanes of at least 4 members (excludes halogenated alkanes) is 2. The summed E-state index contributed by atoms with van der Waals surface area (Å²) in [5, 5.41) is 64.2. The molecule has 10 rings (SSSR count). The minimum absolute atomic E-state index is 0.00199. The van der Waals surface area contributed by atoms with E-state index in [1.54, 1.807) is 13.0 Å². The average Bonchev–Trinajstić information content (AvgIpc) is 3.38. The van der Waals surface area contributed by atoms with Gasteiger partial charge in [-0.2, -0.15) is 0 Å². The number of nitrogens with one attached hydrogen (secondary N) is 1. The van der Waals surface area contributed by atoms with Crippen molar-refractivity contribution in [3.8, 4) is 23.3 Å². The second kappa shape index (κ2) is 22.1. The predicted octanol–water partition coefficient (Wildman–Crippen LogP) is 9.73. The number of phenolic OH excluding ortho intramolecular Hbond substituents is 1. The molecule has 4 fully saturated rings. The highest BCUT2D eigenvalue weighted by atomic mass is 16.6. The van der Waals surface area contributed by atoms with Crippen LogP contribution in [0.2, 0.25) is 0 Å². The molecule has 3 aromatic carbocycles. The third-order valence-electron chi connectivity index (χ3n) is 18.3. The zero-order chi connectivity index (χ0) is 51.0. The zero-order valence-corrected chi connectivity index (χ0v) is 43.0. The van der Waals surface area contributed by atoms with Crippen LogP contribution in [0.5, 0.6) is 11.5 Å². The van der Waals surface area contributed by atoms with E-state index in [4.69, 9.17) is 9.47 Å². The number of carbonyl (C=O) groups is 3. The summed E-state index contributed by atoms with van der Waals surface area (Å²) < 4.78 is 13.2. The molecule has 0 unspecified atom stereocenters. The third kappa shape index (κ3) is 10.5. The van der Waals surface area contributed by atoms with Crippen LogP contribution in [0.4, 0.5) is 5.69 Å². The first-order valence-corrected chi connectivity index (χ1v) is 28.0. The lowest BCUT2D eigenvalue weighted by Crippen LogP contribution is -2.65. The fraction of sp³-hybridized carbons (Fsp3) is 0.597. The van der Waals surface area contributed by atoms with E-state index >= 15 is 4.79 Å². The van der Waals surface area contributed by atoms with Gasteiger partial charge in [-0.3, -0.25) is 9.59 Å². The first kappa shape index (κ1) is 51.5. The van der Waals surface area contributed by atoms with Crippen molar-refractivity contribution in [2.75, 3.05) is 11.9 Å². The van der Waals surface area contributed by atoms with Gasteiger partial charge in [-0.1, -0.05) is 100 Å². The Morgan fingerprint density at radius 1 is 0.863 bits per heavy atom. The van der Waals surface area contributed by atoms with Crippen LogP contribution in [0.15, 0.2) is 54.1 Å². The molecule has 3 aromatic rings. The van der Waals surface area contributed by atoms with Crippen LogP contribution < -0.4 is 10.1 Å². The van der Waals surface area contributed by atoms with Gasteiger partial charge in [0.25, 0.3) is 0 Å². The molecule has 6 N–H and O–H groups in total. The summed E-state index contributed by atoms with van der Waals surface area (Å²) in [6.45, 7) is 3.87. The largest absolute Gasteiger partial charge is 0.507 e. The number of esters is 2. The fourth-order valence-corrected chi connectivity index (χ4v) is 14.8. The SMILES string of the molecule is CCCCCc1c(CO)cc([C@H]2C#C[C@@H]3CC(=O)Oc4c3cc(c(O)c4C3CCCCC3)C[C@H]3OC(=O)/C(=C\[C@H](O)Cc4cccc(c4)C[C@@H]4C(=O)CC[C@@H]5[C@@H]4C[C@@H]4CCCC[C@H]4[C@]53O)C2)cc1NC[C@H](C)O. The van der Waals surface area contributed by atoms with Gasteiger partial charge in [0.15, 0.2) is 0 Å². The van der Waals surface area contributed by atoms with Crippen LogP contribution in [0.25, 0.3) is 0 Å². The summed E-state index contributed by atoms with van der Waals surface area (Å²) in [6.07, 6.45) is 12.6. The number of ether oxygens (including phenoxy) is 2. The van der Waals surface area contributed by atoms with E-state index < -0.39 is 47.7 Å². The molecule has 0 spiro atoms. The first-order chi connectivity index (χ1) is 35.3. The van der Waals surface area contributed by atoms with Gasteiger partial charge in [0.1, 0.15) is 29.0 Å². The molecule has 10 bridgehead atoms. The zero-order valence-electron chi connectivity index (χ0n) is 43.0. The van der Waals surface area contributed by atoms with Crippen molar-refractivity contribution in [2.45, 2.75) is 197 Å². The van der Waals surface area contributed by atoms with E-state index in [-0.39, 0.29) is 91.4 Å². The molecule has 11 atom stereocenters. The topological polar surface area (TPSA) is 183 Å². The van der Waals surface area contributed by atoms with Crippen molar-refractivity contribution in [1.82, 2.24) is 0 Å². The van der Waals surface area contributed by atoms with Crippen molar-refractivity contribution in [1.29, 1.82) is 0 Å². The number of rotatable bonds is 10. The van der Waals surface area contributed by atoms with E-state index in [9.17, 15) is 35.1 Å².